The molecule has 0 amide bonds. The summed E-state index contributed by atoms with van der Waals surface area (Å²) >= 11 is 0. The van der Waals surface area contributed by atoms with Crippen molar-refractivity contribution in [1.29, 1.82) is 0 Å². The van der Waals surface area contributed by atoms with Crippen LogP contribution in [0.3, 0.4) is 0 Å². The fourth-order valence-electron chi connectivity index (χ4n) is 2.03. The zero-order valence-corrected chi connectivity index (χ0v) is 9.52. The second-order valence-electron chi connectivity index (χ2n) is 4.47. The Bertz CT molecular complexity index is 379. The zero-order valence-electron chi connectivity index (χ0n) is 9.52. The van der Waals surface area contributed by atoms with E-state index in [2.05, 4.69) is 9.97 Å². The van der Waals surface area contributed by atoms with Gasteiger partial charge in [-0.25, -0.2) is 14.4 Å². The van der Waals surface area contributed by atoms with Crippen LogP contribution in [0, 0.1) is 18.7 Å². The van der Waals surface area contributed by atoms with E-state index < -0.39 is 0 Å². The van der Waals surface area contributed by atoms with Gasteiger partial charge in [0.2, 0.25) is 0 Å². The normalized spacial score (nSPS) is 24.0. The molecule has 0 aliphatic heterocycles. The first-order valence-corrected chi connectivity index (χ1v) is 5.44. The van der Waals surface area contributed by atoms with Gasteiger partial charge in [0, 0.05) is 13.6 Å². The molecule has 1 heterocycles. The lowest BCUT2D eigenvalue weighted by molar-refractivity contribution is 0.0463. The molecule has 1 fully saturated rings. The average Bonchev–Trinajstić information content (AvgIpc) is 2.19. The monoisotopic (exact) mass is 225 g/mol. The third-order valence-corrected chi connectivity index (χ3v) is 3.05. The molecule has 0 bridgehead atoms. The summed E-state index contributed by atoms with van der Waals surface area (Å²) in [6, 6.07) is 0. The summed E-state index contributed by atoms with van der Waals surface area (Å²) in [6.07, 6.45) is 2.81. The first-order valence-electron chi connectivity index (χ1n) is 5.44. The van der Waals surface area contributed by atoms with E-state index >= 15 is 0 Å². The molecule has 5 heteroatoms. The molecular weight excluding hydrogens is 209 g/mol. The van der Waals surface area contributed by atoms with Crippen LogP contribution >= 0.6 is 0 Å². The van der Waals surface area contributed by atoms with E-state index in [1.54, 1.807) is 11.8 Å². The molecule has 4 nitrogen and oxygen atoms in total. The van der Waals surface area contributed by atoms with Crippen LogP contribution in [0.4, 0.5) is 10.2 Å². The molecule has 0 atom stereocenters. The minimum absolute atomic E-state index is 0.171. The van der Waals surface area contributed by atoms with Crippen LogP contribution in [-0.2, 0) is 0 Å². The van der Waals surface area contributed by atoms with E-state index in [1.807, 2.05) is 7.05 Å². The van der Waals surface area contributed by atoms with Gasteiger partial charge < -0.3 is 10.0 Å². The topological polar surface area (TPSA) is 49.2 Å². The number of hydrogen-bond donors (Lipinski definition) is 1. The lowest BCUT2D eigenvalue weighted by Crippen LogP contribution is -2.37. The standard InChI is InChI=1S/C11H16FN3O/c1-7-10(12)11(14-6-13-7)15(2)5-8-3-9(16)4-8/h6,8-9,16H,3-5H2,1-2H3. The predicted octanol–water partition coefficient (Wildman–Crippen LogP) is 1.13. The molecule has 1 aliphatic rings. The van der Waals surface area contributed by atoms with Gasteiger partial charge in [-0.1, -0.05) is 0 Å². The highest BCUT2D eigenvalue weighted by Gasteiger charge is 2.28. The lowest BCUT2D eigenvalue weighted by Gasteiger charge is -2.34. The van der Waals surface area contributed by atoms with Crippen molar-refractivity contribution in [2.45, 2.75) is 25.9 Å². The second-order valence-corrected chi connectivity index (χ2v) is 4.47. The molecule has 2 rings (SSSR count). The fourth-order valence-corrected chi connectivity index (χ4v) is 2.03. The maximum absolute atomic E-state index is 13.7. The van der Waals surface area contributed by atoms with Gasteiger partial charge >= 0.3 is 0 Å². The van der Waals surface area contributed by atoms with Gasteiger partial charge in [-0.2, -0.15) is 0 Å². The largest absolute Gasteiger partial charge is 0.393 e. The van der Waals surface area contributed by atoms with Crippen molar-refractivity contribution >= 4 is 5.82 Å². The molecule has 0 aromatic carbocycles. The first-order chi connectivity index (χ1) is 7.58. The van der Waals surface area contributed by atoms with E-state index in [0.29, 0.717) is 17.4 Å². The summed E-state index contributed by atoms with van der Waals surface area (Å²) in [5, 5.41) is 9.18. The van der Waals surface area contributed by atoms with Gasteiger partial charge in [0.05, 0.1) is 11.8 Å². The third kappa shape index (κ3) is 2.14. The average molecular weight is 225 g/mol. The summed E-state index contributed by atoms with van der Waals surface area (Å²) < 4.78 is 13.7. The van der Waals surface area contributed by atoms with E-state index in [1.165, 1.54) is 6.33 Å². The van der Waals surface area contributed by atoms with Crippen LogP contribution < -0.4 is 4.90 Å². The van der Waals surface area contributed by atoms with Crippen molar-refractivity contribution in [3.05, 3.63) is 17.8 Å². The van der Waals surface area contributed by atoms with Crippen LogP contribution in [-0.4, -0.2) is 34.8 Å². The first kappa shape index (κ1) is 11.3. The summed E-state index contributed by atoms with van der Waals surface area (Å²) in [5.41, 5.74) is 0.366. The minimum Gasteiger partial charge on any atom is -0.393 e. The fraction of sp³-hybridized carbons (Fsp3) is 0.636. The summed E-state index contributed by atoms with van der Waals surface area (Å²) in [4.78, 5) is 9.53. The quantitative estimate of drug-likeness (QED) is 0.837. The number of aromatic nitrogens is 2. The van der Waals surface area contributed by atoms with E-state index in [4.69, 9.17) is 0 Å². The Morgan fingerprint density at radius 1 is 1.50 bits per heavy atom. The molecule has 1 saturated carbocycles. The molecule has 0 saturated heterocycles. The second kappa shape index (κ2) is 4.33. The van der Waals surface area contributed by atoms with Crippen molar-refractivity contribution in [1.82, 2.24) is 9.97 Å². The maximum atomic E-state index is 13.7. The van der Waals surface area contributed by atoms with Crippen molar-refractivity contribution in [2.24, 2.45) is 5.92 Å². The number of aliphatic hydroxyl groups is 1. The zero-order chi connectivity index (χ0) is 11.7. The van der Waals surface area contributed by atoms with Crippen molar-refractivity contribution in [3.8, 4) is 0 Å². The van der Waals surface area contributed by atoms with Gasteiger partial charge in [0.25, 0.3) is 0 Å². The van der Waals surface area contributed by atoms with Crippen LogP contribution in [0.1, 0.15) is 18.5 Å². The molecule has 88 valence electrons. The number of aliphatic hydroxyl groups excluding tert-OH is 1. The van der Waals surface area contributed by atoms with Gasteiger partial charge in [-0.3, -0.25) is 0 Å². The molecule has 1 aromatic heterocycles. The number of nitrogens with zero attached hydrogens (tertiary/aromatic N) is 3. The smallest absolute Gasteiger partial charge is 0.186 e. The highest BCUT2D eigenvalue weighted by molar-refractivity contribution is 5.39. The van der Waals surface area contributed by atoms with Crippen molar-refractivity contribution < 1.29 is 9.50 Å². The third-order valence-electron chi connectivity index (χ3n) is 3.05. The molecule has 0 radical (unpaired) electrons. The minimum atomic E-state index is -0.357. The molecule has 1 aliphatic carbocycles. The van der Waals surface area contributed by atoms with Crippen LogP contribution in [0.25, 0.3) is 0 Å². The van der Waals surface area contributed by atoms with Gasteiger partial charge in [0.1, 0.15) is 6.33 Å². The number of rotatable bonds is 3. The SMILES string of the molecule is Cc1ncnc(N(C)CC2CC(O)C2)c1F. The van der Waals surface area contributed by atoms with Crippen LogP contribution in [0.15, 0.2) is 6.33 Å². The number of hydrogen-bond acceptors (Lipinski definition) is 4. The Morgan fingerprint density at radius 2 is 2.19 bits per heavy atom. The van der Waals surface area contributed by atoms with Crippen LogP contribution in [0.5, 0.6) is 0 Å². The summed E-state index contributed by atoms with van der Waals surface area (Å²) in [6.45, 7) is 2.35. The van der Waals surface area contributed by atoms with Crippen LogP contribution in [0.2, 0.25) is 0 Å². The molecule has 1 aromatic rings. The van der Waals surface area contributed by atoms with Crippen molar-refractivity contribution in [3.63, 3.8) is 0 Å². The number of aryl methyl sites for hydroxylation is 1. The highest BCUT2D eigenvalue weighted by Crippen LogP contribution is 2.29. The molecule has 0 unspecified atom stereocenters. The number of anilines is 1. The van der Waals surface area contributed by atoms with Gasteiger partial charge in [-0.15, -0.1) is 0 Å². The van der Waals surface area contributed by atoms with Gasteiger partial charge in [-0.05, 0) is 25.7 Å². The number of halogens is 1. The molecular formula is C11H16FN3O. The van der Waals surface area contributed by atoms with Gasteiger partial charge in [0.15, 0.2) is 11.6 Å². The van der Waals surface area contributed by atoms with E-state index in [-0.39, 0.29) is 11.9 Å². The molecule has 16 heavy (non-hydrogen) atoms. The van der Waals surface area contributed by atoms with E-state index in [0.717, 1.165) is 19.4 Å². The van der Waals surface area contributed by atoms with E-state index in [9.17, 15) is 9.50 Å². The summed E-state index contributed by atoms with van der Waals surface area (Å²) in [7, 11) is 1.82. The predicted molar refractivity (Wildman–Crippen MR) is 58.7 cm³/mol. The lowest BCUT2D eigenvalue weighted by atomic mass is 9.82. The summed E-state index contributed by atoms with van der Waals surface area (Å²) in [5.74, 6) is 0.424. The Labute approximate surface area is 94.1 Å². The Kier molecular flexibility index (Phi) is 3.05. The Hall–Kier alpha value is -1.23. The highest BCUT2D eigenvalue weighted by atomic mass is 19.1. The maximum Gasteiger partial charge on any atom is 0.186 e. The Balaban J connectivity index is 2.03. The van der Waals surface area contributed by atoms with Crippen molar-refractivity contribution in [2.75, 3.05) is 18.5 Å². The molecule has 0 spiro atoms. The Morgan fingerprint density at radius 3 is 2.81 bits per heavy atom. The molecule has 1 N–H and O–H groups in total.